The number of nitrogens with zero attached hydrogens (tertiary/aromatic N) is 2. The number of benzene rings is 1. The van der Waals surface area contributed by atoms with Crippen molar-refractivity contribution in [1.82, 2.24) is 9.55 Å². The highest BCUT2D eigenvalue weighted by Crippen LogP contribution is 2.22. The summed E-state index contributed by atoms with van der Waals surface area (Å²) in [4.78, 5) is 15.4. The highest BCUT2D eigenvalue weighted by molar-refractivity contribution is 5.81. The Morgan fingerprint density at radius 2 is 2.00 bits per heavy atom. The number of aromatic nitrogens is 2. The number of esters is 1. The van der Waals surface area contributed by atoms with Gasteiger partial charge in [0.2, 0.25) is 0 Å². The molecule has 1 aromatic carbocycles. The second-order valence-corrected chi connectivity index (χ2v) is 5.08. The lowest BCUT2D eigenvalue weighted by Crippen LogP contribution is -2.10. The van der Waals surface area contributed by atoms with E-state index >= 15 is 0 Å². The second kappa shape index (κ2) is 6.39. The van der Waals surface area contributed by atoms with Gasteiger partial charge in [-0.05, 0) is 31.9 Å². The molecule has 4 nitrogen and oxygen atoms in total. The Balaban J connectivity index is 2.25. The van der Waals surface area contributed by atoms with Crippen molar-refractivity contribution in [3.63, 3.8) is 0 Å². The third-order valence-electron chi connectivity index (χ3n) is 3.33. The lowest BCUT2D eigenvalue weighted by Gasteiger charge is -2.15. The van der Waals surface area contributed by atoms with Crippen LogP contribution in [0.25, 0.3) is 5.69 Å². The van der Waals surface area contributed by atoms with Gasteiger partial charge in [-0.2, -0.15) is 0 Å². The van der Waals surface area contributed by atoms with E-state index in [1.165, 1.54) is 22.8 Å². The Morgan fingerprint density at radius 3 is 2.62 bits per heavy atom. The Labute approximate surface area is 125 Å². The smallest absolute Gasteiger partial charge is 0.330 e. The van der Waals surface area contributed by atoms with Crippen LogP contribution in [0.15, 0.2) is 37.2 Å². The van der Waals surface area contributed by atoms with Crippen LogP contribution in [0.3, 0.4) is 0 Å². The zero-order valence-electron chi connectivity index (χ0n) is 12.7. The number of aryl methyl sites for hydroxylation is 3. The average Bonchev–Trinajstić information content (AvgIpc) is 2.85. The Morgan fingerprint density at radius 1 is 1.33 bits per heavy atom. The van der Waals surface area contributed by atoms with Gasteiger partial charge < -0.3 is 9.30 Å². The third-order valence-corrected chi connectivity index (χ3v) is 3.33. The minimum Gasteiger partial charge on any atom is -0.462 e. The summed E-state index contributed by atoms with van der Waals surface area (Å²) in [5.74, 6) is 0.470. The number of hydrogen-bond acceptors (Lipinski definition) is 3. The molecule has 0 radical (unpaired) electrons. The number of carbonyl (C=O) groups excluding carboxylic acids is 1. The van der Waals surface area contributed by atoms with E-state index in [0.717, 1.165) is 11.5 Å². The fraction of sp³-hybridized carbons (Fsp3) is 0.294. The number of hydrogen-bond donors (Lipinski definition) is 0. The van der Waals surface area contributed by atoms with Crippen molar-refractivity contribution in [2.24, 2.45) is 0 Å². The van der Waals surface area contributed by atoms with Gasteiger partial charge in [-0.15, -0.1) is 0 Å². The fourth-order valence-electron chi connectivity index (χ4n) is 2.58. The van der Waals surface area contributed by atoms with Gasteiger partial charge in [0.1, 0.15) is 5.82 Å². The van der Waals surface area contributed by atoms with Crippen molar-refractivity contribution in [3.05, 3.63) is 59.7 Å². The molecule has 0 saturated heterocycles. The molecule has 1 heterocycles. The van der Waals surface area contributed by atoms with Crippen molar-refractivity contribution in [3.8, 4) is 5.69 Å². The predicted octanol–water partition coefficient (Wildman–Crippen LogP) is 3.07. The van der Waals surface area contributed by atoms with E-state index in [0.29, 0.717) is 13.0 Å². The highest BCUT2D eigenvalue weighted by atomic mass is 16.5. The van der Waals surface area contributed by atoms with Crippen LogP contribution in [0.5, 0.6) is 0 Å². The first-order valence-electron chi connectivity index (χ1n) is 6.92. The number of imidazole rings is 1. The van der Waals surface area contributed by atoms with E-state index in [1.54, 1.807) is 6.20 Å². The molecule has 2 rings (SSSR count). The first-order valence-corrected chi connectivity index (χ1v) is 6.92. The van der Waals surface area contributed by atoms with Gasteiger partial charge in [0.05, 0.1) is 12.3 Å². The molecule has 0 saturated carbocycles. The first-order chi connectivity index (χ1) is 10.0. The Kier molecular flexibility index (Phi) is 4.58. The van der Waals surface area contributed by atoms with Crippen LogP contribution in [0, 0.1) is 20.8 Å². The van der Waals surface area contributed by atoms with E-state index in [2.05, 4.69) is 49.0 Å². The topological polar surface area (TPSA) is 44.1 Å². The van der Waals surface area contributed by atoms with Crippen LogP contribution in [0.2, 0.25) is 0 Å². The van der Waals surface area contributed by atoms with Crippen molar-refractivity contribution in [1.29, 1.82) is 0 Å². The summed E-state index contributed by atoms with van der Waals surface area (Å²) >= 11 is 0. The molecule has 0 unspecified atom stereocenters. The number of ether oxygens (including phenoxy) is 1. The van der Waals surface area contributed by atoms with Gasteiger partial charge in [-0.25, -0.2) is 9.78 Å². The van der Waals surface area contributed by atoms with Gasteiger partial charge >= 0.3 is 5.97 Å². The van der Waals surface area contributed by atoms with Crippen LogP contribution in [0.1, 0.15) is 22.5 Å². The van der Waals surface area contributed by atoms with Crippen molar-refractivity contribution >= 4 is 5.97 Å². The van der Waals surface area contributed by atoms with E-state index < -0.39 is 5.97 Å². The van der Waals surface area contributed by atoms with Crippen LogP contribution in [-0.2, 0) is 16.0 Å². The van der Waals surface area contributed by atoms with Gasteiger partial charge in [0.15, 0.2) is 0 Å². The molecule has 4 heteroatoms. The average molecular weight is 284 g/mol. The van der Waals surface area contributed by atoms with Gasteiger partial charge in [-0.1, -0.05) is 24.3 Å². The molecule has 0 amide bonds. The Bertz CT molecular complexity index is 648. The van der Waals surface area contributed by atoms with Crippen LogP contribution >= 0.6 is 0 Å². The zero-order chi connectivity index (χ0) is 15.4. The number of carbonyl (C=O) groups is 1. The van der Waals surface area contributed by atoms with Crippen LogP contribution in [0.4, 0.5) is 0 Å². The summed E-state index contributed by atoms with van der Waals surface area (Å²) in [5.41, 5.74) is 4.79. The normalized spacial score (nSPS) is 10.4. The summed E-state index contributed by atoms with van der Waals surface area (Å²) in [6.07, 6.45) is 5.44. The molecular formula is C17H20N2O2. The van der Waals surface area contributed by atoms with Crippen molar-refractivity contribution < 1.29 is 9.53 Å². The van der Waals surface area contributed by atoms with E-state index in [4.69, 9.17) is 4.74 Å². The molecule has 0 spiro atoms. The predicted molar refractivity (Wildman–Crippen MR) is 82.6 cm³/mol. The van der Waals surface area contributed by atoms with E-state index in [-0.39, 0.29) is 0 Å². The molecule has 1 aromatic heterocycles. The maximum Gasteiger partial charge on any atom is 0.330 e. The summed E-state index contributed by atoms with van der Waals surface area (Å²) in [6.45, 7) is 9.95. The maximum absolute atomic E-state index is 11.1. The monoisotopic (exact) mass is 284 g/mol. The summed E-state index contributed by atoms with van der Waals surface area (Å²) in [7, 11) is 0. The standard InChI is InChI=1S/C17H20N2O2/c1-5-16(20)21-9-6-15-18-7-8-19(15)17-13(3)10-12(2)11-14(17)4/h5,7-8,10-11H,1,6,9H2,2-4H3. The lowest BCUT2D eigenvalue weighted by molar-refractivity contribution is -0.137. The molecule has 0 bridgehead atoms. The van der Waals surface area contributed by atoms with Crippen molar-refractivity contribution in [2.75, 3.05) is 6.61 Å². The lowest BCUT2D eigenvalue weighted by atomic mass is 10.0. The quantitative estimate of drug-likeness (QED) is 0.626. The fourth-order valence-corrected chi connectivity index (χ4v) is 2.58. The minimum atomic E-state index is -0.407. The minimum absolute atomic E-state index is 0.297. The largest absolute Gasteiger partial charge is 0.462 e. The summed E-state index contributed by atoms with van der Waals surface area (Å²) in [6, 6.07) is 4.31. The molecular weight excluding hydrogens is 264 g/mol. The molecule has 0 fully saturated rings. The maximum atomic E-state index is 11.1. The van der Waals surface area contributed by atoms with Crippen molar-refractivity contribution in [2.45, 2.75) is 27.2 Å². The second-order valence-electron chi connectivity index (χ2n) is 5.08. The molecule has 0 atom stereocenters. The van der Waals surface area contributed by atoms with Crippen LogP contribution < -0.4 is 0 Å². The van der Waals surface area contributed by atoms with Gasteiger partial charge in [0, 0.05) is 24.9 Å². The molecule has 0 aliphatic rings. The molecule has 0 aliphatic heterocycles. The highest BCUT2D eigenvalue weighted by Gasteiger charge is 2.11. The SMILES string of the molecule is C=CC(=O)OCCc1nccn1-c1c(C)cc(C)cc1C. The summed E-state index contributed by atoms with van der Waals surface area (Å²) in [5, 5.41) is 0. The number of rotatable bonds is 5. The summed E-state index contributed by atoms with van der Waals surface area (Å²) < 4.78 is 7.09. The van der Waals surface area contributed by atoms with Gasteiger partial charge in [-0.3, -0.25) is 0 Å². The van der Waals surface area contributed by atoms with Gasteiger partial charge in [0.25, 0.3) is 0 Å². The van der Waals surface area contributed by atoms with E-state index in [1.807, 2.05) is 6.20 Å². The molecule has 0 aliphatic carbocycles. The Hall–Kier alpha value is -2.36. The van der Waals surface area contributed by atoms with E-state index in [9.17, 15) is 4.79 Å². The first kappa shape index (κ1) is 15.0. The zero-order valence-corrected chi connectivity index (χ0v) is 12.7. The van der Waals surface area contributed by atoms with Crippen LogP contribution in [-0.4, -0.2) is 22.1 Å². The molecule has 0 N–H and O–H groups in total. The third kappa shape index (κ3) is 3.40. The molecule has 2 aromatic rings. The molecule has 110 valence electrons. The molecule has 21 heavy (non-hydrogen) atoms.